The van der Waals surface area contributed by atoms with Gasteiger partial charge in [0.1, 0.15) is 17.1 Å². The number of amides is 2. The van der Waals surface area contributed by atoms with Crippen molar-refractivity contribution in [2.75, 3.05) is 23.7 Å². The number of nitrogens with one attached hydrogen (secondary N) is 2. The summed E-state index contributed by atoms with van der Waals surface area (Å²) in [6, 6.07) is 5.05. The summed E-state index contributed by atoms with van der Waals surface area (Å²) in [5.41, 5.74) is 5.27. The van der Waals surface area contributed by atoms with Crippen molar-refractivity contribution in [3.63, 3.8) is 0 Å². The maximum atomic E-state index is 12.2. The van der Waals surface area contributed by atoms with E-state index in [0.29, 0.717) is 37.4 Å². The van der Waals surface area contributed by atoms with E-state index in [0.717, 1.165) is 12.1 Å². The Labute approximate surface area is 206 Å². The van der Waals surface area contributed by atoms with Crippen molar-refractivity contribution in [2.24, 2.45) is 5.73 Å². The number of pyridine rings is 1. The van der Waals surface area contributed by atoms with E-state index in [-0.39, 0.29) is 23.1 Å². The van der Waals surface area contributed by atoms with Crippen molar-refractivity contribution in [3.8, 4) is 0 Å². The number of carboxylic acids is 1. The zero-order valence-corrected chi connectivity index (χ0v) is 19.7. The number of anilines is 3. The first kappa shape index (κ1) is 25.9. The van der Waals surface area contributed by atoms with Crippen LogP contribution in [0.25, 0.3) is 0 Å². The lowest BCUT2D eigenvalue weighted by molar-refractivity contribution is -0.385. The molecule has 5 N–H and O–H groups in total. The van der Waals surface area contributed by atoms with Crippen LogP contribution < -0.4 is 16.4 Å². The van der Waals surface area contributed by atoms with Gasteiger partial charge in [-0.3, -0.25) is 14.9 Å². The Morgan fingerprint density at radius 1 is 1.25 bits per heavy atom. The van der Waals surface area contributed by atoms with Crippen LogP contribution in [0.2, 0.25) is 0 Å². The maximum absolute atomic E-state index is 12.2. The predicted octanol–water partition coefficient (Wildman–Crippen LogP) is 3.47. The molecule has 1 aromatic carbocycles. The summed E-state index contributed by atoms with van der Waals surface area (Å²) in [7, 11) is 0. The lowest BCUT2D eigenvalue weighted by Crippen LogP contribution is -2.42. The number of nitrogens with zero attached hydrogens (tertiary/aromatic N) is 3. The molecule has 2 amide bonds. The fourth-order valence-electron chi connectivity index (χ4n) is 3.62. The van der Waals surface area contributed by atoms with Crippen molar-refractivity contribution >= 4 is 40.8 Å². The number of nitrogens with two attached hydrogens (primary N) is 1. The summed E-state index contributed by atoms with van der Waals surface area (Å²) in [6.45, 7) is 4.38. The number of carboxylic acid groups (broad SMARTS) is 1. The minimum atomic E-state index is -1.42. The number of primary amides is 1. The molecule has 3 rings (SSSR count). The van der Waals surface area contributed by atoms with Crippen molar-refractivity contribution in [3.05, 3.63) is 63.5 Å². The number of likely N-dealkylation sites (tertiary alicyclic amines) is 1. The minimum Gasteiger partial charge on any atom is -0.477 e. The molecule has 36 heavy (non-hydrogen) atoms. The van der Waals surface area contributed by atoms with E-state index in [1.54, 1.807) is 24.8 Å². The number of nitro groups is 1. The highest BCUT2D eigenvalue weighted by Gasteiger charge is 2.25. The molecule has 0 unspecified atom stereocenters. The van der Waals surface area contributed by atoms with Crippen LogP contribution in [-0.2, 0) is 4.74 Å². The van der Waals surface area contributed by atoms with Gasteiger partial charge in [0.05, 0.1) is 16.2 Å². The van der Waals surface area contributed by atoms with Gasteiger partial charge in [-0.2, -0.15) is 0 Å². The standard InChI is InChI=1S/C23H26N6O7/c1-3-13(2)36-23(33)28-8-6-14(7-9-28)26-18-11-20(25-12-17(18)21(24)30)27-15-4-5-16(22(31)32)19(10-15)29(34)35/h3-5,10-12,14H,6-9H2,1-2H3,(H2,24,30)(H,31,32)(H2,25,26,27)/b13-3+. The maximum Gasteiger partial charge on any atom is 0.414 e. The van der Waals surface area contributed by atoms with Gasteiger partial charge in [-0.1, -0.05) is 0 Å². The monoisotopic (exact) mass is 498 g/mol. The molecule has 1 aliphatic heterocycles. The topological polar surface area (TPSA) is 190 Å². The number of hydrogen-bond donors (Lipinski definition) is 4. The van der Waals surface area contributed by atoms with Crippen molar-refractivity contribution < 1.29 is 29.2 Å². The van der Waals surface area contributed by atoms with Gasteiger partial charge in [-0.15, -0.1) is 0 Å². The fourth-order valence-corrected chi connectivity index (χ4v) is 3.62. The third kappa shape index (κ3) is 6.25. The van der Waals surface area contributed by atoms with E-state index in [9.17, 15) is 24.5 Å². The first-order chi connectivity index (χ1) is 17.1. The number of benzene rings is 1. The number of hydrogen-bond acceptors (Lipinski definition) is 9. The van der Waals surface area contributed by atoms with Gasteiger partial charge in [-0.05, 0) is 44.9 Å². The summed E-state index contributed by atoms with van der Waals surface area (Å²) < 4.78 is 5.23. The van der Waals surface area contributed by atoms with Crippen LogP contribution in [0.5, 0.6) is 0 Å². The Kier molecular flexibility index (Phi) is 8.04. The lowest BCUT2D eigenvalue weighted by atomic mass is 10.0. The van der Waals surface area contributed by atoms with Crippen LogP contribution in [0.3, 0.4) is 0 Å². The van der Waals surface area contributed by atoms with Crippen LogP contribution in [-0.4, -0.2) is 57.0 Å². The number of allylic oxidation sites excluding steroid dienone is 2. The molecule has 2 heterocycles. The van der Waals surface area contributed by atoms with Gasteiger partial charge in [-0.25, -0.2) is 14.6 Å². The Hall–Kier alpha value is -4.68. The molecule has 13 nitrogen and oxygen atoms in total. The molecule has 0 radical (unpaired) electrons. The number of rotatable bonds is 8. The molecule has 0 saturated carbocycles. The summed E-state index contributed by atoms with van der Waals surface area (Å²) >= 11 is 0. The predicted molar refractivity (Wildman–Crippen MR) is 130 cm³/mol. The first-order valence-electron chi connectivity index (χ1n) is 11.0. The fraction of sp³-hybridized carbons (Fsp3) is 0.304. The van der Waals surface area contributed by atoms with Crippen LogP contribution in [0.4, 0.5) is 27.7 Å². The van der Waals surface area contributed by atoms with Gasteiger partial charge in [0.25, 0.3) is 11.6 Å². The van der Waals surface area contributed by atoms with Gasteiger partial charge >= 0.3 is 12.1 Å². The Balaban J connectivity index is 1.75. The molecule has 1 fully saturated rings. The van der Waals surface area contributed by atoms with E-state index in [1.165, 1.54) is 18.3 Å². The van der Waals surface area contributed by atoms with E-state index < -0.39 is 34.1 Å². The number of nitro benzene ring substituents is 1. The third-order valence-electron chi connectivity index (χ3n) is 5.63. The molecular weight excluding hydrogens is 472 g/mol. The molecule has 0 spiro atoms. The highest BCUT2D eigenvalue weighted by Crippen LogP contribution is 2.28. The van der Waals surface area contributed by atoms with E-state index in [1.807, 2.05) is 0 Å². The SMILES string of the molecule is C/C=C(\C)OC(=O)N1CCC(Nc2cc(Nc3ccc(C(=O)O)c([N+](=O)[O-])c3)ncc2C(N)=O)CC1. The lowest BCUT2D eigenvalue weighted by Gasteiger charge is -2.32. The van der Waals surface area contributed by atoms with E-state index in [4.69, 9.17) is 15.6 Å². The average Bonchev–Trinajstić information content (AvgIpc) is 2.84. The minimum absolute atomic E-state index is 0.0684. The normalized spacial score (nSPS) is 14.2. The summed E-state index contributed by atoms with van der Waals surface area (Å²) in [4.78, 5) is 51.6. The number of ether oxygens (including phenoxy) is 1. The van der Waals surface area contributed by atoms with Crippen molar-refractivity contribution in [1.29, 1.82) is 0 Å². The van der Waals surface area contributed by atoms with Gasteiger partial charge < -0.3 is 31.1 Å². The Morgan fingerprint density at radius 3 is 2.53 bits per heavy atom. The summed E-state index contributed by atoms with van der Waals surface area (Å²) in [5.74, 6) is -1.34. The highest BCUT2D eigenvalue weighted by molar-refractivity contribution is 5.99. The van der Waals surface area contributed by atoms with Gasteiger partial charge in [0.15, 0.2) is 0 Å². The quantitative estimate of drug-likeness (QED) is 0.238. The second-order valence-corrected chi connectivity index (χ2v) is 8.07. The molecule has 1 aliphatic rings. The van der Waals surface area contributed by atoms with E-state index in [2.05, 4.69) is 15.6 Å². The zero-order valence-electron chi connectivity index (χ0n) is 19.7. The van der Waals surface area contributed by atoms with Crippen molar-refractivity contribution in [1.82, 2.24) is 9.88 Å². The summed E-state index contributed by atoms with van der Waals surface area (Å²) in [6.07, 6.45) is 3.75. The smallest absolute Gasteiger partial charge is 0.414 e. The third-order valence-corrected chi connectivity index (χ3v) is 5.63. The Morgan fingerprint density at radius 2 is 1.94 bits per heavy atom. The molecule has 13 heteroatoms. The van der Waals surface area contributed by atoms with Gasteiger partial charge in [0.2, 0.25) is 0 Å². The highest BCUT2D eigenvalue weighted by atomic mass is 16.6. The number of aromatic carboxylic acids is 1. The van der Waals surface area contributed by atoms with Crippen LogP contribution in [0.1, 0.15) is 47.4 Å². The molecule has 2 aromatic rings. The molecule has 1 aromatic heterocycles. The molecule has 0 aliphatic carbocycles. The van der Waals surface area contributed by atoms with Crippen LogP contribution in [0, 0.1) is 10.1 Å². The number of aromatic nitrogens is 1. The second-order valence-electron chi connectivity index (χ2n) is 8.07. The first-order valence-corrected chi connectivity index (χ1v) is 11.0. The number of piperidine rings is 1. The second kappa shape index (κ2) is 11.2. The number of carbonyl (C=O) groups is 3. The average molecular weight is 498 g/mol. The van der Waals surface area contributed by atoms with Crippen LogP contribution >= 0.6 is 0 Å². The molecular formula is C23H26N6O7. The van der Waals surface area contributed by atoms with Crippen molar-refractivity contribution in [2.45, 2.75) is 32.7 Å². The molecule has 0 bridgehead atoms. The molecule has 0 atom stereocenters. The van der Waals surface area contributed by atoms with Crippen LogP contribution in [0.15, 0.2) is 42.3 Å². The zero-order chi connectivity index (χ0) is 26.4. The summed E-state index contributed by atoms with van der Waals surface area (Å²) in [5, 5.41) is 26.6. The molecule has 1 saturated heterocycles. The Bertz CT molecular complexity index is 1220. The van der Waals surface area contributed by atoms with Gasteiger partial charge in [0, 0.05) is 43.1 Å². The van der Waals surface area contributed by atoms with E-state index >= 15 is 0 Å². The largest absolute Gasteiger partial charge is 0.477 e. The number of carbonyl (C=O) groups excluding carboxylic acids is 2. The molecule has 190 valence electrons.